The molecule has 26 heavy (non-hydrogen) atoms. The Morgan fingerprint density at radius 1 is 1.08 bits per heavy atom. The van der Waals surface area contributed by atoms with Gasteiger partial charge >= 0.3 is 0 Å². The van der Waals surface area contributed by atoms with Crippen LogP contribution in [0.2, 0.25) is 5.02 Å². The van der Waals surface area contributed by atoms with Crippen molar-refractivity contribution in [3.63, 3.8) is 0 Å². The van der Waals surface area contributed by atoms with E-state index in [1.54, 1.807) is 30.3 Å². The minimum atomic E-state index is -0.326. The molecular formula is C21H20ClNO3. The SMILES string of the molecule is Cc1ccc(OCc2ccc(C(=O)Nc3cccc(Cl)c3C)o2)cc1C. The lowest BCUT2D eigenvalue weighted by molar-refractivity contribution is 0.0992. The summed E-state index contributed by atoms with van der Waals surface area (Å²) in [7, 11) is 0. The van der Waals surface area contributed by atoms with Crippen molar-refractivity contribution in [1.82, 2.24) is 0 Å². The third-order valence-corrected chi connectivity index (χ3v) is 4.67. The molecule has 1 amide bonds. The monoisotopic (exact) mass is 369 g/mol. The largest absolute Gasteiger partial charge is 0.486 e. The molecule has 0 aliphatic rings. The Hall–Kier alpha value is -2.72. The minimum absolute atomic E-state index is 0.225. The van der Waals surface area contributed by atoms with Crippen molar-refractivity contribution < 1.29 is 13.9 Å². The number of rotatable bonds is 5. The third-order valence-electron chi connectivity index (χ3n) is 4.26. The van der Waals surface area contributed by atoms with E-state index in [9.17, 15) is 4.79 Å². The minimum Gasteiger partial charge on any atom is -0.486 e. The van der Waals surface area contributed by atoms with E-state index in [-0.39, 0.29) is 18.3 Å². The predicted molar refractivity (Wildman–Crippen MR) is 103 cm³/mol. The van der Waals surface area contributed by atoms with Crippen LogP contribution < -0.4 is 10.1 Å². The lowest BCUT2D eigenvalue weighted by atomic mass is 10.1. The summed E-state index contributed by atoms with van der Waals surface area (Å²) < 4.78 is 11.3. The number of carbonyl (C=O) groups is 1. The number of nitrogens with one attached hydrogen (secondary N) is 1. The zero-order chi connectivity index (χ0) is 18.7. The van der Waals surface area contributed by atoms with Gasteiger partial charge in [-0.3, -0.25) is 4.79 Å². The Morgan fingerprint density at radius 2 is 1.88 bits per heavy atom. The van der Waals surface area contributed by atoms with E-state index in [4.69, 9.17) is 20.8 Å². The molecule has 0 aliphatic heterocycles. The normalized spacial score (nSPS) is 10.6. The van der Waals surface area contributed by atoms with E-state index >= 15 is 0 Å². The van der Waals surface area contributed by atoms with E-state index < -0.39 is 0 Å². The van der Waals surface area contributed by atoms with Crippen LogP contribution in [0.5, 0.6) is 5.75 Å². The van der Waals surface area contributed by atoms with Crippen LogP contribution in [-0.4, -0.2) is 5.91 Å². The van der Waals surface area contributed by atoms with Gasteiger partial charge in [0.05, 0.1) is 0 Å². The fourth-order valence-corrected chi connectivity index (χ4v) is 2.64. The molecule has 0 saturated carbocycles. The first-order valence-corrected chi connectivity index (χ1v) is 8.67. The number of carbonyl (C=O) groups excluding carboxylic acids is 1. The Kier molecular flexibility index (Phi) is 5.33. The maximum atomic E-state index is 12.4. The number of amides is 1. The van der Waals surface area contributed by atoms with Gasteiger partial charge in [-0.1, -0.05) is 23.7 Å². The molecule has 0 atom stereocenters. The molecule has 1 N–H and O–H groups in total. The van der Waals surface area contributed by atoms with Crippen LogP contribution in [0.1, 0.15) is 33.0 Å². The molecule has 0 radical (unpaired) electrons. The first-order chi connectivity index (χ1) is 12.4. The topological polar surface area (TPSA) is 51.5 Å². The lowest BCUT2D eigenvalue weighted by Crippen LogP contribution is -2.12. The molecular weight excluding hydrogens is 350 g/mol. The van der Waals surface area contributed by atoms with Gasteiger partial charge in [0.1, 0.15) is 18.1 Å². The second kappa shape index (κ2) is 7.67. The molecule has 0 unspecified atom stereocenters. The Balaban J connectivity index is 1.64. The van der Waals surface area contributed by atoms with Crippen LogP contribution in [0.15, 0.2) is 52.9 Å². The van der Waals surface area contributed by atoms with Crippen molar-refractivity contribution in [2.45, 2.75) is 27.4 Å². The van der Waals surface area contributed by atoms with Crippen LogP contribution in [0.25, 0.3) is 0 Å². The molecule has 4 nitrogen and oxygen atoms in total. The molecule has 0 saturated heterocycles. The predicted octanol–water partition coefficient (Wildman–Crippen LogP) is 5.69. The van der Waals surface area contributed by atoms with Crippen LogP contribution in [-0.2, 0) is 6.61 Å². The van der Waals surface area contributed by atoms with Crippen LogP contribution in [0, 0.1) is 20.8 Å². The van der Waals surface area contributed by atoms with Gasteiger partial charge in [0.25, 0.3) is 5.91 Å². The second-order valence-electron chi connectivity index (χ2n) is 6.17. The molecule has 1 heterocycles. The highest BCUT2D eigenvalue weighted by Gasteiger charge is 2.13. The number of hydrogen-bond donors (Lipinski definition) is 1. The third kappa shape index (κ3) is 4.09. The molecule has 3 rings (SSSR count). The molecule has 1 aromatic heterocycles. The number of hydrogen-bond acceptors (Lipinski definition) is 3. The molecule has 0 spiro atoms. The number of anilines is 1. The number of halogens is 1. The van der Waals surface area contributed by atoms with Crippen molar-refractivity contribution >= 4 is 23.2 Å². The fraction of sp³-hybridized carbons (Fsp3) is 0.190. The average molecular weight is 370 g/mol. The molecule has 3 aromatic rings. The van der Waals surface area contributed by atoms with Gasteiger partial charge in [-0.05, 0) is 73.9 Å². The average Bonchev–Trinajstić information content (AvgIpc) is 3.09. The van der Waals surface area contributed by atoms with Crippen LogP contribution >= 0.6 is 11.6 Å². The van der Waals surface area contributed by atoms with Crippen molar-refractivity contribution in [1.29, 1.82) is 0 Å². The maximum absolute atomic E-state index is 12.4. The molecule has 5 heteroatoms. The van der Waals surface area contributed by atoms with Crippen molar-refractivity contribution in [2.75, 3.05) is 5.32 Å². The van der Waals surface area contributed by atoms with E-state index in [0.717, 1.165) is 11.3 Å². The second-order valence-corrected chi connectivity index (χ2v) is 6.57. The van der Waals surface area contributed by atoms with Gasteiger partial charge in [0, 0.05) is 10.7 Å². The lowest BCUT2D eigenvalue weighted by Gasteiger charge is -2.08. The smallest absolute Gasteiger partial charge is 0.291 e. The Bertz CT molecular complexity index is 946. The number of aryl methyl sites for hydroxylation is 2. The summed E-state index contributed by atoms with van der Waals surface area (Å²) in [5, 5.41) is 3.41. The van der Waals surface area contributed by atoms with Gasteiger partial charge < -0.3 is 14.5 Å². The van der Waals surface area contributed by atoms with Gasteiger partial charge in [-0.25, -0.2) is 0 Å². The summed E-state index contributed by atoms with van der Waals surface area (Å²) >= 11 is 6.08. The highest BCUT2D eigenvalue weighted by atomic mass is 35.5. The van der Waals surface area contributed by atoms with Gasteiger partial charge in [0.2, 0.25) is 0 Å². The van der Waals surface area contributed by atoms with E-state index in [2.05, 4.69) is 12.2 Å². The van der Waals surface area contributed by atoms with Gasteiger partial charge in [0.15, 0.2) is 5.76 Å². The highest BCUT2D eigenvalue weighted by molar-refractivity contribution is 6.31. The number of benzene rings is 2. The maximum Gasteiger partial charge on any atom is 0.291 e. The summed E-state index contributed by atoms with van der Waals surface area (Å²) in [6.07, 6.45) is 0. The van der Waals surface area contributed by atoms with Crippen molar-refractivity contribution in [3.8, 4) is 5.75 Å². The van der Waals surface area contributed by atoms with Gasteiger partial charge in [-0.2, -0.15) is 0 Å². The zero-order valence-corrected chi connectivity index (χ0v) is 15.7. The first kappa shape index (κ1) is 18.1. The fourth-order valence-electron chi connectivity index (χ4n) is 2.46. The van der Waals surface area contributed by atoms with Crippen LogP contribution in [0.4, 0.5) is 5.69 Å². The number of furan rings is 1. The van der Waals surface area contributed by atoms with E-state index in [1.807, 2.05) is 32.0 Å². The summed E-state index contributed by atoms with van der Waals surface area (Å²) in [6, 6.07) is 14.6. The molecule has 2 aromatic carbocycles. The van der Waals surface area contributed by atoms with Crippen molar-refractivity contribution in [2.24, 2.45) is 0 Å². The quantitative estimate of drug-likeness (QED) is 0.628. The van der Waals surface area contributed by atoms with E-state index in [1.165, 1.54) is 11.1 Å². The summed E-state index contributed by atoms with van der Waals surface area (Å²) in [5.41, 5.74) is 3.85. The van der Waals surface area contributed by atoms with Gasteiger partial charge in [-0.15, -0.1) is 0 Å². The summed E-state index contributed by atoms with van der Waals surface area (Å²) in [6.45, 7) is 6.20. The standard InChI is InChI=1S/C21H20ClNO3/c1-13-7-8-16(11-14(13)2)25-12-17-9-10-20(26-17)21(24)23-19-6-4-5-18(22)15(19)3/h4-11H,12H2,1-3H3,(H,23,24). The van der Waals surface area contributed by atoms with Crippen molar-refractivity contribution in [3.05, 3.63) is 81.8 Å². The first-order valence-electron chi connectivity index (χ1n) is 8.29. The molecule has 0 bridgehead atoms. The Labute approximate surface area is 157 Å². The molecule has 134 valence electrons. The molecule has 0 aliphatic carbocycles. The zero-order valence-electron chi connectivity index (χ0n) is 14.9. The summed E-state index contributed by atoms with van der Waals surface area (Å²) in [4.78, 5) is 12.4. The summed E-state index contributed by atoms with van der Waals surface area (Å²) in [5.74, 6) is 1.25. The molecule has 0 fully saturated rings. The number of ether oxygens (including phenoxy) is 1. The van der Waals surface area contributed by atoms with E-state index in [0.29, 0.717) is 16.5 Å². The highest BCUT2D eigenvalue weighted by Crippen LogP contribution is 2.24. The van der Waals surface area contributed by atoms with Crippen LogP contribution in [0.3, 0.4) is 0 Å². The Morgan fingerprint density at radius 3 is 2.65 bits per heavy atom.